The largest absolute Gasteiger partial charge is 0.355 e. The van der Waals surface area contributed by atoms with Crippen molar-refractivity contribution in [1.29, 1.82) is 0 Å². The molecule has 1 saturated heterocycles. The van der Waals surface area contributed by atoms with Crippen LogP contribution in [0, 0.1) is 0 Å². The number of piperidine rings is 1. The van der Waals surface area contributed by atoms with Gasteiger partial charge >= 0.3 is 0 Å². The summed E-state index contributed by atoms with van der Waals surface area (Å²) in [6.45, 7) is 2.91. The number of nitrogens with one attached hydrogen (secondary N) is 2. The molecule has 3 nitrogen and oxygen atoms in total. The average molecular weight is 218 g/mol. The van der Waals surface area contributed by atoms with E-state index in [0.717, 1.165) is 19.4 Å². The molecule has 0 aliphatic carbocycles. The van der Waals surface area contributed by atoms with Crippen LogP contribution in [0.4, 0.5) is 0 Å². The second-order valence-corrected chi connectivity index (χ2v) is 4.28. The zero-order valence-corrected chi connectivity index (χ0v) is 9.57. The SMILES string of the molecule is CC(NC1CCCNC1=O)c1ccccc1. The molecule has 1 aromatic rings. The molecule has 0 bridgehead atoms. The number of benzene rings is 1. The molecule has 2 atom stereocenters. The Hall–Kier alpha value is -1.35. The van der Waals surface area contributed by atoms with Crippen LogP contribution in [0.2, 0.25) is 0 Å². The van der Waals surface area contributed by atoms with Crippen molar-refractivity contribution in [3.63, 3.8) is 0 Å². The van der Waals surface area contributed by atoms with E-state index in [0.29, 0.717) is 0 Å². The van der Waals surface area contributed by atoms with Crippen molar-refractivity contribution in [1.82, 2.24) is 10.6 Å². The zero-order chi connectivity index (χ0) is 11.4. The van der Waals surface area contributed by atoms with Gasteiger partial charge in [-0.15, -0.1) is 0 Å². The van der Waals surface area contributed by atoms with Gasteiger partial charge in [-0.3, -0.25) is 10.1 Å². The van der Waals surface area contributed by atoms with E-state index in [-0.39, 0.29) is 18.0 Å². The standard InChI is InChI=1S/C13H18N2O/c1-10(11-6-3-2-4-7-11)15-12-8-5-9-14-13(12)16/h2-4,6-7,10,12,15H,5,8-9H2,1H3,(H,14,16). The average Bonchev–Trinajstić information content (AvgIpc) is 2.33. The van der Waals surface area contributed by atoms with Crippen molar-refractivity contribution in [2.24, 2.45) is 0 Å². The highest BCUT2D eigenvalue weighted by Gasteiger charge is 2.23. The zero-order valence-electron chi connectivity index (χ0n) is 9.57. The highest BCUT2D eigenvalue weighted by atomic mass is 16.2. The van der Waals surface area contributed by atoms with E-state index in [1.807, 2.05) is 18.2 Å². The molecule has 3 heteroatoms. The molecule has 1 amide bonds. The number of hydrogen-bond donors (Lipinski definition) is 2. The number of carbonyl (C=O) groups is 1. The molecule has 16 heavy (non-hydrogen) atoms. The normalized spacial score (nSPS) is 22.6. The van der Waals surface area contributed by atoms with Gasteiger partial charge in [0, 0.05) is 12.6 Å². The van der Waals surface area contributed by atoms with Crippen LogP contribution in [0.1, 0.15) is 31.4 Å². The van der Waals surface area contributed by atoms with Crippen molar-refractivity contribution in [3.05, 3.63) is 35.9 Å². The monoisotopic (exact) mass is 218 g/mol. The molecule has 2 rings (SSSR count). The Morgan fingerprint density at radius 3 is 2.81 bits per heavy atom. The van der Waals surface area contributed by atoms with Gasteiger partial charge in [0.1, 0.15) is 0 Å². The van der Waals surface area contributed by atoms with Gasteiger partial charge in [-0.25, -0.2) is 0 Å². The van der Waals surface area contributed by atoms with Crippen LogP contribution < -0.4 is 10.6 Å². The molecule has 1 aromatic carbocycles. The molecule has 0 saturated carbocycles. The fourth-order valence-corrected chi connectivity index (χ4v) is 2.07. The lowest BCUT2D eigenvalue weighted by Gasteiger charge is -2.26. The smallest absolute Gasteiger partial charge is 0.237 e. The van der Waals surface area contributed by atoms with Crippen molar-refractivity contribution in [2.45, 2.75) is 31.8 Å². The third-order valence-electron chi connectivity index (χ3n) is 3.04. The Kier molecular flexibility index (Phi) is 3.57. The molecular weight excluding hydrogens is 200 g/mol. The van der Waals surface area contributed by atoms with Gasteiger partial charge in [0.05, 0.1) is 6.04 Å². The summed E-state index contributed by atoms with van der Waals surface area (Å²) >= 11 is 0. The summed E-state index contributed by atoms with van der Waals surface area (Å²) in [6, 6.07) is 10.4. The lowest BCUT2D eigenvalue weighted by Crippen LogP contribution is -2.48. The predicted octanol–water partition coefficient (Wildman–Crippen LogP) is 1.62. The van der Waals surface area contributed by atoms with E-state index >= 15 is 0 Å². The third-order valence-corrected chi connectivity index (χ3v) is 3.04. The molecule has 2 N–H and O–H groups in total. The summed E-state index contributed by atoms with van der Waals surface area (Å²) < 4.78 is 0. The molecule has 1 aliphatic heterocycles. The van der Waals surface area contributed by atoms with Crippen LogP contribution in [0.3, 0.4) is 0 Å². The van der Waals surface area contributed by atoms with E-state index in [9.17, 15) is 4.79 Å². The molecule has 1 heterocycles. The Balaban J connectivity index is 1.96. The molecule has 0 radical (unpaired) electrons. The van der Waals surface area contributed by atoms with E-state index in [1.165, 1.54) is 5.56 Å². The lowest BCUT2D eigenvalue weighted by atomic mass is 10.0. The summed E-state index contributed by atoms with van der Waals surface area (Å²) in [5, 5.41) is 6.26. The highest BCUT2D eigenvalue weighted by molar-refractivity contribution is 5.82. The van der Waals surface area contributed by atoms with Gasteiger partial charge in [-0.2, -0.15) is 0 Å². The Morgan fingerprint density at radius 1 is 1.38 bits per heavy atom. The maximum Gasteiger partial charge on any atom is 0.237 e. The van der Waals surface area contributed by atoms with E-state index in [1.54, 1.807) is 0 Å². The third kappa shape index (κ3) is 2.61. The van der Waals surface area contributed by atoms with Crippen molar-refractivity contribution in [3.8, 4) is 0 Å². The van der Waals surface area contributed by atoms with Gasteiger partial charge in [0.2, 0.25) is 5.91 Å². The summed E-state index contributed by atoms with van der Waals surface area (Å²) in [5.74, 6) is 0.133. The topological polar surface area (TPSA) is 41.1 Å². The summed E-state index contributed by atoms with van der Waals surface area (Å²) in [4.78, 5) is 11.6. The molecule has 86 valence electrons. The number of hydrogen-bond acceptors (Lipinski definition) is 2. The van der Waals surface area contributed by atoms with Crippen molar-refractivity contribution < 1.29 is 4.79 Å². The lowest BCUT2D eigenvalue weighted by molar-refractivity contribution is -0.124. The first-order valence-electron chi connectivity index (χ1n) is 5.86. The van der Waals surface area contributed by atoms with Crippen LogP contribution in [-0.4, -0.2) is 18.5 Å². The van der Waals surface area contributed by atoms with Gasteiger partial charge < -0.3 is 5.32 Å². The highest BCUT2D eigenvalue weighted by Crippen LogP contribution is 2.14. The first kappa shape index (κ1) is 11.1. The maximum absolute atomic E-state index is 11.6. The van der Waals surface area contributed by atoms with Gasteiger partial charge in [0.25, 0.3) is 0 Å². The van der Waals surface area contributed by atoms with Gasteiger partial charge in [-0.1, -0.05) is 30.3 Å². The van der Waals surface area contributed by atoms with E-state index in [2.05, 4.69) is 29.7 Å². The van der Waals surface area contributed by atoms with E-state index < -0.39 is 0 Å². The maximum atomic E-state index is 11.6. The van der Waals surface area contributed by atoms with E-state index in [4.69, 9.17) is 0 Å². The van der Waals surface area contributed by atoms with Gasteiger partial charge in [0.15, 0.2) is 0 Å². The number of amides is 1. The molecule has 0 aromatic heterocycles. The van der Waals surface area contributed by atoms with Crippen LogP contribution in [0.15, 0.2) is 30.3 Å². The van der Waals surface area contributed by atoms with Crippen molar-refractivity contribution in [2.75, 3.05) is 6.54 Å². The second-order valence-electron chi connectivity index (χ2n) is 4.28. The van der Waals surface area contributed by atoms with Crippen LogP contribution >= 0.6 is 0 Å². The minimum absolute atomic E-state index is 0.0380. The Labute approximate surface area is 96.2 Å². The molecule has 1 aliphatic rings. The molecule has 1 fully saturated rings. The fourth-order valence-electron chi connectivity index (χ4n) is 2.07. The Bertz CT molecular complexity index is 350. The summed E-state index contributed by atoms with van der Waals surface area (Å²) in [5.41, 5.74) is 1.22. The quantitative estimate of drug-likeness (QED) is 0.809. The molecule has 2 unspecified atom stereocenters. The minimum atomic E-state index is -0.0380. The first-order valence-corrected chi connectivity index (χ1v) is 5.86. The fraction of sp³-hybridized carbons (Fsp3) is 0.462. The van der Waals surface area contributed by atoms with Crippen molar-refractivity contribution >= 4 is 5.91 Å². The predicted molar refractivity (Wildman–Crippen MR) is 64.0 cm³/mol. The van der Waals surface area contributed by atoms with Crippen LogP contribution in [0.25, 0.3) is 0 Å². The van der Waals surface area contributed by atoms with Crippen LogP contribution in [-0.2, 0) is 4.79 Å². The summed E-state index contributed by atoms with van der Waals surface area (Å²) in [6.07, 6.45) is 1.99. The minimum Gasteiger partial charge on any atom is -0.355 e. The first-order chi connectivity index (χ1) is 7.77. The molecular formula is C13H18N2O. The second kappa shape index (κ2) is 5.12. The van der Waals surface area contributed by atoms with Gasteiger partial charge in [-0.05, 0) is 25.3 Å². The number of carbonyl (C=O) groups excluding carboxylic acids is 1. The summed E-state index contributed by atoms with van der Waals surface area (Å²) in [7, 11) is 0. The molecule has 0 spiro atoms. The van der Waals surface area contributed by atoms with Crippen LogP contribution in [0.5, 0.6) is 0 Å². The number of rotatable bonds is 3. The Morgan fingerprint density at radius 2 is 2.12 bits per heavy atom.